The van der Waals surface area contributed by atoms with Gasteiger partial charge in [0, 0.05) is 0 Å². The molecule has 40 nitrogen and oxygen atoms in total. The van der Waals surface area contributed by atoms with Crippen molar-refractivity contribution >= 4 is 122 Å². The van der Waals surface area contributed by atoms with Crippen LogP contribution in [0.2, 0.25) is 0 Å². The van der Waals surface area contributed by atoms with E-state index in [2.05, 4.69) is 0 Å². The molecule has 0 amide bonds. The molecule has 0 heterocycles. The third-order valence-corrected chi connectivity index (χ3v) is 0. The van der Waals surface area contributed by atoms with Crippen molar-refractivity contribution in [1.82, 2.24) is 0 Å². The molecule has 0 saturated heterocycles. The molecule has 47 heteroatoms. The maximum atomic E-state index is 8.36. The number of hydrogen-bond acceptors (Lipinski definition) is 20. The standard InChI is InChI=1S/7Al.10HNO3.21H/c;;;;;;;10*2-1(3)4;;;;;;;;;;;;;;;;;;;;;/h;;;;;;;10*(H,2,3,4);;;;;;;;;;;;;;;;;;;;;. The van der Waals surface area contributed by atoms with Gasteiger partial charge in [-0.25, -0.2) is 0 Å². The predicted molar refractivity (Wildman–Crippen MR) is 157 cm³/mol. The van der Waals surface area contributed by atoms with E-state index in [1.165, 1.54) is 0 Å². The first-order valence-electron chi connectivity index (χ1n) is 5.65. The molecule has 0 aliphatic rings. The largest absolute Gasteiger partial charge is 0.328 e. The molecular formula is H31Al7N10O30. The molecule has 0 atom stereocenters. The van der Waals surface area contributed by atoms with E-state index in [0.29, 0.717) is 0 Å². The molecule has 0 fully saturated rings. The topological polar surface area (TPSA) is 634 Å². The van der Waals surface area contributed by atoms with Crippen molar-refractivity contribution in [1.29, 1.82) is 0 Å². The van der Waals surface area contributed by atoms with Gasteiger partial charge in [0.1, 0.15) is 0 Å². The lowest BCUT2D eigenvalue weighted by Gasteiger charge is -1.56. The Morgan fingerprint density at radius 3 is 0.191 bits per heavy atom. The molecule has 0 aliphatic carbocycles. The van der Waals surface area contributed by atoms with Gasteiger partial charge in [0.15, 0.2) is 122 Å². The van der Waals surface area contributed by atoms with Crippen LogP contribution in [0, 0.1) is 101 Å². The average Bonchev–Trinajstić information content (AvgIpc) is 2.47. The predicted octanol–water partition coefficient (Wildman–Crippen LogP) is -11.8. The quantitative estimate of drug-likeness (QED) is 0.0615. The van der Waals surface area contributed by atoms with Gasteiger partial charge in [-0.3, -0.25) is 0 Å². The molecule has 0 bridgehead atoms. The first-order chi connectivity index (χ1) is 17.3. The summed E-state index contributed by atoms with van der Waals surface area (Å²) in [4.78, 5) is 83.6. The number of nitrogens with zero attached hydrogens (tertiary/aromatic N) is 10. The summed E-state index contributed by atoms with van der Waals surface area (Å²) in [6.07, 6.45) is 0. The lowest BCUT2D eigenvalue weighted by molar-refractivity contribution is -0.742. The Bertz CT molecular complexity index is 490. The summed E-state index contributed by atoms with van der Waals surface area (Å²) in [5.41, 5.74) is 0. The van der Waals surface area contributed by atoms with E-state index in [0.717, 1.165) is 0 Å². The third-order valence-electron chi connectivity index (χ3n) is 0. The van der Waals surface area contributed by atoms with Gasteiger partial charge in [-0.2, -0.15) is 0 Å². The maximum absolute atomic E-state index is 8.36. The van der Waals surface area contributed by atoms with E-state index in [9.17, 15) is 0 Å². The van der Waals surface area contributed by atoms with Crippen molar-refractivity contribution in [3.8, 4) is 0 Å². The second-order valence-corrected chi connectivity index (χ2v) is 2.38. The summed E-state index contributed by atoms with van der Waals surface area (Å²) in [5.74, 6) is 0. The maximum Gasteiger partial charge on any atom is 0.291 e. The van der Waals surface area contributed by atoms with Crippen LogP contribution in [0.4, 0.5) is 0 Å². The number of rotatable bonds is 0. The highest BCUT2D eigenvalue weighted by Gasteiger charge is 1.68. The average molecular weight is 840 g/mol. The lowest BCUT2D eigenvalue weighted by atomic mass is 13.1. The summed E-state index contributed by atoms with van der Waals surface area (Å²) in [5, 5.41) is 136. The van der Waals surface area contributed by atoms with E-state index < -0.39 is 50.9 Å². The minimum atomic E-state index is -1.50. The summed E-state index contributed by atoms with van der Waals surface area (Å²) in [7, 11) is 0. The van der Waals surface area contributed by atoms with Crippen LogP contribution in [0.5, 0.6) is 0 Å². The van der Waals surface area contributed by atoms with Crippen molar-refractivity contribution in [2.75, 3.05) is 0 Å². The van der Waals surface area contributed by atoms with Crippen LogP contribution in [-0.4, -0.2) is 224 Å². The van der Waals surface area contributed by atoms with Crippen molar-refractivity contribution < 1.29 is 103 Å². The number of hydrogen-bond donors (Lipinski definition) is 10. The van der Waals surface area contributed by atoms with Crippen LogP contribution in [-0.2, 0) is 0 Å². The highest BCUT2D eigenvalue weighted by atomic mass is 27.0. The zero-order valence-corrected chi connectivity index (χ0v) is 17.1. The van der Waals surface area contributed by atoms with Crippen molar-refractivity contribution in [2.24, 2.45) is 0 Å². The van der Waals surface area contributed by atoms with E-state index in [1.807, 2.05) is 0 Å². The monoisotopic (exact) mass is 840 g/mol. The molecule has 10 N–H and O–H groups in total. The van der Waals surface area contributed by atoms with Gasteiger partial charge in [0.05, 0.1) is 0 Å². The minimum Gasteiger partial charge on any atom is -0.328 e. The Morgan fingerprint density at radius 1 is 0.191 bits per heavy atom. The molecule has 0 aliphatic heterocycles. The van der Waals surface area contributed by atoms with Gasteiger partial charge in [0.2, 0.25) is 0 Å². The van der Waals surface area contributed by atoms with Crippen LogP contribution in [0.25, 0.3) is 0 Å². The Kier molecular flexibility index (Phi) is 250. The summed E-state index contributed by atoms with van der Waals surface area (Å²) in [6, 6.07) is 0. The fourth-order valence-corrected chi connectivity index (χ4v) is 0. The molecule has 0 aromatic carbocycles. The van der Waals surface area contributed by atoms with E-state index >= 15 is 0 Å². The molecule has 0 radical (unpaired) electrons. The first kappa shape index (κ1) is 112. The Morgan fingerprint density at radius 2 is 0.191 bits per heavy atom. The van der Waals surface area contributed by atoms with Crippen molar-refractivity contribution in [3.05, 3.63) is 101 Å². The van der Waals surface area contributed by atoms with Crippen LogP contribution in [0.15, 0.2) is 0 Å². The van der Waals surface area contributed by atoms with Gasteiger partial charge in [-0.1, -0.05) is 0 Å². The molecule has 0 rings (SSSR count). The first-order valence-corrected chi connectivity index (χ1v) is 5.65. The molecule has 0 aromatic heterocycles. The third kappa shape index (κ3) is 3610. The van der Waals surface area contributed by atoms with Crippen molar-refractivity contribution in [2.45, 2.75) is 0 Å². The molecular weight excluding hydrogens is 809 g/mol. The lowest BCUT2D eigenvalue weighted by Crippen LogP contribution is -1.81. The van der Waals surface area contributed by atoms with E-state index in [-0.39, 0.29) is 122 Å². The van der Waals surface area contributed by atoms with Crippen LogP contribution in [0.1, 0.15) is 0 Å². The van der Waals surface area contributed by atoms with Gasteiger partial charge in [0.25, 0.3) is 50.9 Å². The zero-order valence-electron chi connectivity index (χ0n) is 17.1. The van der Waals surface area contributed by atoms with Gasteiger partial charge < -0.3 is 52.1 Å². The van der Waals surface area contributed by atoms with Crippen LogP contribution >= 0.6 is 0 Å². The normalized spacial score (nSPS) is 5.11. The summed E-state index contributed by atoms with van der Waals surface area (Å²) in [6.45, 7) is 0. The van der Waals surface area contributed by atoms with E-state index in [1.54, 1.807) is 0 Å². The Labute approximate surface area is 324 Å². The molecule has 0 saturated carbocycles. The summed E-state index contributed by atoms with van der Waals surface area (Å²) >= 11 is 0. The SMILES string of the molecule is O=[N+]([O-])O.O=[N+]([O-])O.O=[N+]([O-])O.O=[N+]([O-])O.O=[N+]([O-])O.O=[N+]([O-])O.O=[N+]([O-])O.O=[N+]([O-])O.O=[N+]([O-])O.O=[N+]([O-])O.[AlH3].[AlH3].[AlH3].[AlH3].[AlH3].[AlH3].[AlH3]. The Hall–Kier alpha value is -4.27. The highest BCUT2D eigenvalue weighted by molar-refractivity contribution is 5.76. The van der Waals surface area contributed by atoms with Crippen molar-refractivity contribution in [3.63, 3.8) is 0 Å². The van der Waals surface area contributed by atoms with E-state index in [4.69, 9.17) is 153 Å². The zero-order chi connectivity index (χ0) is 35.8. The fourth-order valence-electron chi connectivity index (χ4n) is 0. The van der Waals surface area contributed by atoms with Crippen LogP contribution in [0.3, 0.4) is 0 Å². The molecule has 47 heavy (non-hydrogen) atoms. The van der Waals surface area contributed by atoms with Gasteiger partial charge in [-0.15, -0.1) is 101 Å². The van der Waals surface area contributed by atoms with Gasteiger partial charge >= 0.3 is 0 Å². The van der Waals surface area contributed by atoms with Gasteiger partial charge in [-0.05, 0) is 0 Å². The smallest absolute Gasteiger partial charge is 0.291 e. The molecule has 282 valence electrons. The molecule has 0 spiro atoms. The summed E-state index contributed by atoms with van der Waals surface area (Å²) < 4.78 is 0. The minimum absolute atomic E-state index is 0. The fraction of sp³-hybridized carbons (Fsp3) is 0. The highest BCUT2D eigenvalue weighted by Crippen LogP contribution is 1.41. The second kappa shape index (κ2) is 105. The molecule has 0 unspecified atom stereocenters. The second-order valence-electron chi connectivity index (χ2n) is 2.38. The Balaban J connectivity index is -0.0000000140. The molecule has 0 aromatic rings. The van der Waals surface area contributed by atoms with Crippen LogP contribution < -0.4 is 0 Å².